The fraction of sp³-hybridized carbons (Fsp3) is 0.500. The van der Waals surface area contributed by atoms with Gasteiger partial charge in [-0.15, -0.1) is 0 Å². The summed E-state index contributed by atoms with van der Waals surface area (Å²) in [5, 5.41) is 32.3. The molecule has 0 saturated carbocycles. The molecule has 1 aliphatic rings. The molecule has 16 heavy (non-hydrogen) atoms. The van der Waals surface area contributed by atoms with Gasteiger partial charge in [-0.25, -0.2) is 10.1 Å². The molecule has 14 nitrogen and oxygen atoms in total. The Labute approximate surface area is 85.2 Å². The predicted octanol–water partition coefficient (Wildman–Crippen LogP) is -2.01. The van der Waals surface area contributed by atoms with E-state index in [0.29, 0.717) is 0 Å². The van der Waals surface area contributed by atoms with Crippen LogP contribution >= 0.6 is 0 Å². The number of nitrogens with one attached hydrogen (secondary N) is 2. The number of amidine groups is 1. The van der Waals surface area contributed by atoms with Crippen LogP contribution in [0.5, 0.6) is 0 Å². The minimum Gasteiger partial charge on any atom is -0.344 e. The lowest BCUT2D eigenvalue weighted by atomic mass is 10.3. The maximum Gasteiger partial charge on any atom is 0.620 e. The van der Waals surface area contributed by atoms with Crippen LogP contribution in [-0.4, -0.2) is 26.5 Å². The van der Waals surface area contributed by atoms with E-state index in [1.54, 1.807) is 0 Å². The van der Waals surface area contributed by atoms with E-state index >= 15 is 0 Å². The molecule has 14 heteroatoms. The van der Waals surface area contributed by atoms with E-state index in [0.717, 1.165) is 0 Å². The normalized spacial score (nSPS) is 16.4. The van der Waals surface area contributed by atoms with Gasteiger partial charge in [-0.1, -0.05) is 5.43 Å². The van der Waals surface area contributed by atoms with E-state index in [9.17, 15) is 30.3 Å². The second kappa shape index (κ2) is 4.28. The molecule has 0 fully saturated rings. The molecular weight excluding hydrogens is 234 g/mol. The highest BCUT2D eigenvalue weighted by atomic mass is 16.8. The number of hydroxylamine groups is 1. The average Bonchev–Trinajstić information content (AvgIpc) is 2.47. The van der Waals surface area contributed by atoms with E-state index in [2.05, 4.69) is 10.1 Å². The topological polar surface area (TPSA) is 210 Å². The molecule has 0 aliphatic carbocycles. The van der Waals surface area contributed by atoms with E-state index < -0.39 is 26.5 Å². The Balaban J connectivity index is 0.00000225. The molecule has 1 heterocycles. The van der Waals surface area contributed by atoms with Gasteiger partial charge in [-0.3, -0.25) is 25.2 Å². The highest BCUT2D eigenvalue weighted by Crippen LogP contribution is 2.14. The van der Waals surface area contributed by atoms with E-state index in [1.807, 2.05) is 0 Å². The number of hydrogen-bond donors (Lipinski definition) is 3. The first-order valence-electron chi connectivity index (χ1n) is 3.13. The van der Waals surface area contributed by atoms with Crippen molar-refractivity contribution < 1.29 is 19.8 Å². The van der Waals surface area contributed by atoms with Crippen molar-refractivity contribution in [2.24, 2.45) is 5.16 Å². The molecule has 0 aromatic rings. The third kappa shape index (κ3) is 1.77. The molecule has 0 atom stereocenters. The van der Waals surface area contributed by atoms with Gasteiger partial charge in [0.05, 0.1) is 0 Å². The van der Waals surface area contributed by atoms with Gasteiger partial charge < -0.3 is 6.15 Å². The van der Waals surface area contributed by atoms with Crippen LogP contribution in [0.3, 0.4) is 0 Å². The standard InChI is InChI=1S/C2H2N6O7.H3N/c9-6(10)2(7(11)12)1(3-8(13)14)4-15-5-2;/h5H,(H,3,4);1H3. The maximum atomic E-state index is 10.4. The molecule has 0 saturated heterocycles. The van der Waals surface area contributed by atoms with Crippen LogP contribution in [0.1, 0.15) is 0 Å². The summed E-state index contributed by atoms with van der Waals surface area (Å²) >= 11 is 0. The zero-order valence-electron chi connectivity index (χ0n) is 7.35. The van der Waals surface area contributed by atoms with Crippen LogP contribution in [0.25, 0.3) is 0 Å². The lowest BCUT2D eigenvalue weighted by Crippen LogP contribution is -2.64. The van der Waals surface area contributed by atoms with Crippen molar-refractivity contribution >= 4 is 5.84 Å². The Kier molecular flexibility index (Phi) is 3.58. The van der Waals surface area contributed by atoms with Crippen LogP contribution in [0.2, 0.25) is 0 Å². The monoisotopic (exact) mass is 239 g/mol. The Morgan fingerprint density at radius 3 is 2.12 bits per heavy atom. The van der Waals surface area contributed by atoms with Crippen LogP contribution in [0, 0.1) is 30.3 Å². The van der Waals surface area contributed by atoms with Gasteiger partial charge in [0, 0.05) is 5.48 Å². The van der Waals surface area contributed by atoms with Crippen molar-refractivity contribution in [1.29, 1.82) is 0 Å². The van der Waals surface area contributed by atoms with Gasteiger partial charge in [-0.2, -0.15) is 0 Å². The Hall–Kier alpha value is -2.61. The third-order valence-corrected chi connectivity index (χ3v) is 1.38. The SMILES string of the molecule is N.O=[N+]([O-])NC1=NONC1([N+](=O)[O-])[N+](=O)[O-]. The van der Waals surface area contributed by atoms with E-state index in [1.165, 1.54) is 10.9 Å². The molecule has 0 unspecified atom stereocenters. The van der Waals surface area contributed by atoms with Gasteiger partial charge in [0.15, 0.2) is 5.03 Å². The van der Waals surface area contributed by atoms with Crippen molar-refractivity contribution in [1.82, 2.24) is 17.1 Å². The maximum absolute atomic E-state index is 10.4. The van der Waals surface area contributed by atoms with Gasteiger partial charge >= 0.3 is 11.6 Å². The number of oxime groups is 1. The first-order chi connectivity index (χ1) is 6.91. The molecule has 0 amide bonds. The number of rotatable bonds is 3. The summed E-state index contributed by atoms with van der Waals surface area (Å²) in [6, 6.07) is 0. The number of nitrogens with zero attached hydrogens (tertiary/aromatic N) is 4. The Morgan fingerprint density at radius 2 is 1.75 bits per heavy atom. The Bertz CT molecular complexity index is 348. The summed E-state index contributed by atoms with van der Waals surface area (Å²) < 4.78 is 0. The first-order valence-corrected chi connectivity index (χ1v) is 3.13. The summed E-state index contributed by atoms with van der Waals surface area (Å²) in [6.45, 7) is 0. The summed E-state index contributed by atoms with van der Waals surface area (Å²) in [6.07, 6.45) is 0. The molecule has 5 N–H and O–H groups in total. The predicted molar refractivity (Wildman–Crippen MR) is 43.5 cm³/mol. The molecule has 0 bridgehead atoms. The van der Waals surface area contributed by atoms with Crippen LogP contribution in [-0.2, 0) is 4.94 Å². The zero-order valence-corrected chi connectivity index (χ0v) is 7.35. The molecule has 0 aromatic heterocycles. The minimum absolute atomic E-state index is 0. The lowest BCUT2D eigenvalue weighted by Gasteiger charge is -2.07. The fourth-order valence-electron chi connectivity index (χ4n) is 0.743. The summed E-state index contributed by atoms with van der Waals surface area (Å²) in [5.41, 5.74) is 2.55. The van der Waals surface area contributed by atoms with Crippen molar-refractivity contribution in [3.8, 4) is 0 Å². The third-order valence-electron chi connectivity index (χ3n) is 1.38. The highest BCUT2D eigenvalue weighted by molar-refractivity contribution is 5.87. The highest BCUT2D eigenvalue weighted by Gasteiger charge is 2.70. The smallest absolute Gasteiger partial charge is 0.344 e. The molecule has 1 aliphatic heterocycles. The van der Waals surface area contributed by atoms with Gasteiger partial charge in [0.25, 0.3) is 0 Å². The van der Waals surface area contributed by atoms with Crippen LogP contribution in [0.15, 0.2) is 5.16 Å². The molecule has 0 radical (unpaired) electrons. The van der Waals surface area contributed by atoms with Crippen molar-refractivity contribution in [3.63, 3.8) is 0 Å². The number of hydrazine groups is 1. The fourth-order valence-corrected chi connectivity index (χ4v) is 0.743. The number of hydrogen-bond acceptors (Lipinski definition) is 10. The van der Waals surface area contributed by atoms with Gasteiger partial charge in [0.1, 0.15) is 9.85 Å². The molecule has 1 rings (SSSR count). The quantitative estimate of drug-likeness (QED) is 0.279. The second-order valence-corrected chi connectivity index (χ2v) is 2.19. The largest absolute Gasteiger partial charge is 0.620 e. The molecular formula is C2H5N7O7. The number of nitro groups is 3. The average molecular weight is 239 g/mol. The van der Waals surface area contributed by atoms with Crippen LogP contribution in [0.4, 0.5) is 0 Å². The second-order valence-electron chi connectivity index (χ2n) is 2.19. The zero-order chi connectivity index (χ0) is 11.6. The van der Waals surface area contributed by atoms with Crippen LogP contribution < -0.4 is 17.1 Å². The summed E-state index contributed by atoms with van der Waals surface area (Å²) in [4.78, 5) is 31.9. The van der Waals surface area contributed by atoms with Gasteiger partial charge in [-0.05, 0) is 5.16 Å². The molecule has 0 aromatic carbocycles. The Morgan fingerprint density at radius 1 is 1.25 bits per heavy atom. The summed E-state index contributed by atoms with van der Waals surface area (Å²) in [7, 11) is 0. The minimum atomic E-state index is -3.19. The van der Waals surface area contributed by atoms with Crippen molar-refractivity contribution in [3.05, 3.63) is 30.3 Å². The first kappa shape index (κ1) is 13.4. The molecule has 90 valence electrons. The van der Waals surface area contributed by atoms with E-state index in [-0.39, 0.29) is 6.15 Å². The van der Waals surface area contributed by atoms with Crippen molar-refractivity contribution in [2.75, 3.05) is 0 Å². The lowest BCUT2D eigenvalue weighted by molar-refractivity contribution is -0.787. The summed E-state index contributed by atoms with van der Waals surface area (Å²) in [5.74, 6) is -4.37. The van der Waals surface area contributed by atoms with Crippen molar-refractivity contribution in [2.45, 2.75) is 5.79 Å². The molecule has 0 spiro atoms. The van der Waals surface area contributed by atoms with E-state index in [4.69, 9.17) is 0 Å². The van der Waals surface area contributed by atoms with Gasteiger partial charge in [0.2, 0.25) is 0 Å².